The summed E-state index contributed by atoms with van der Waals surface area (Å²) in [7, 11) is -4.16. The van der Waals surface area contributed by atoms with Crippen molar-refractivity contribution in [2.24, 2.45) is 0 Å². The number of ether oxygens (including phenoxy) is 1. The van der Waals surface area contributed by atoms with E-state index in [2.05, 4.69) is 6.92 Å². The minimum Gasteiger partial charge on any atom is -0.494 e. The average Bonchev–Trinajstić information content (AvgIpc) is 2.42. The van der Waals surface area contributed by atoms with Gasteiger partial charge in [0, 0.05) is 0 Å². The van der Waals surface area contributed by atoms with Gasteiger partial charge >= 0.3 is 0 Å². The van der Waals surface area contributed by atoms with E-state index >= 15 is 0 Å². The van der Waals surface area contributed by atoms with E-state index in [1.807, 2.05) is 12.1 Å². The number of hydrogen-bond donors (Lipinski definition) is 1. The standard InChI is InChI=1S/C15H18O4S/c1-2-3-4-9-19-14-7-5-13-11-15(20(16,17)18)8-6-12(13)10-14/h5-8,10-11H,2-4,9H2,1H3,(H,16,17,18). The smallest absolute Gasteiger partial charge is 0.294 e. The molecule has 0 aromatic heterocycles. The van der Waals surface area contributed by atoms with Gasteiger partial charge in [-0.2, -0.15) is 8.42 Å². The van der Waals surface area contributed by atoms with Gasteiger partial charge in [0.15, 0.2) is 0 Å². The molecule has 1 N–H and O–H groups in total. The van der Waals surface area contributed by atoms with E-state index < -0.39 is 10.1 Å². The Hall–Kier alpha value is -1.59. The molecule has 108 valence electrons. The van der Waals surface area contributed by atoms with Crippen molar-refractivity contribution < 1.29 is 17.7 Å². The number of rotatable bonds is 6. The highest BCUT2D eigenvalue weighted by molar-refractivity contribution is 7.85. The molecular weight excluding hydrogens is 276 g/mol. The molecule has 0 fully saturated rings. The van der Waals surface area contributed by atoms with Gasteiger partial charge in [-0.3, -0.25) is 4.55 Å². The maximum absolute atomic E-state index is 11.1. The van der Waals surface area contributed by atoms with Crippen LogP contribution in [0.5, 0.6) is 5.75 Å². The number of hydrogen-bond acceptors (Lipinski definition) is 3. The van der Waals surface area contributed by atoms with Crippen molar-refractivity contribution in [3.05, 3.63) is 36.4 Å². The summed E-state index contributed by atoms with van der Waals surface area (Å²) < 4.78 is 36.8. The topological polar surface area (TPSA) is 63.6 Å². The van der Waals surface area contributed by atoms with Crippen molar-refractivity contribution in [2.75, 3.05) is 6.61 Å². The van der Waals surface area contributed by atoms with Crippen LogP contribution >= 0.6 is 0 Å². The summed E-state index contributed by atoms with van der Waals surface area (Å²) in [6, 6.07) is 9.97. The summed E-state index contributed by atoms with van der Waals surface area (Å²) in [5.74, 6) is 0.771. The summed E-state index contributed by atoms with van der Waals surface area (Å²) in [5, 5.41) is 1.63. The summed E-state index contributed by atoms with van der Waals surface area (Å²) in [6.45, 7) is 2.82. The molecule has 4 nitrogen and oxygen atoms in total. The van der Waals surface area contributed by atoms with Gasteiger partial charge < -0.3 is 4.74 Å². The lowest BCUT2D eigenvalue weighted by Gasteiger charge is -2.07. The maximum atomic E-state index is 11.1. The first kappa shape index (κ1) is 14.8. The van der Waals surface area contributed by atoms with Gasteiger partial charge in [-0.25, -0.2) is 0 Å². The molecule has 0 aliphatic heterocycles. The summed E-state index contributed by atoms with van der Waals surface area (Å²) >= 11 is 0. The Morgan fingerprint density at radius 2 is 1.75 bits per heavy atom. The molecule has 0 radical (unpaired) electrons. The number of fused-ring (bicyclic) bond motifs is 1. The molecule has 0 amide bonds. The SMILES string of the molecule is CCCCCOc1ccc2cc(S(=O)(=O)O)ccc2c1. The monoisotopic (exact) mass is 294 g/mol. The Labute approximate surface area is 119 Å². The Kier molecular flexibility index (Phi) is 4.62. The van der Waals surface area contributed by atoms with Gasteiger partial charge in [0.1, 0.15) is 5.75 Å². The zero-order chi connectivity index (χ0) is 14.6. The highest BCUT2D eigenvalue weighted by atomic mass is 32.2. The first-order chi connectivity index (χ1) is 9.50. The van der Waals surface area contributed by atoms with Gasteiger partial charge in [-0.15, -0.1) is 0 Å². The molecule has 2 aromatic carbocycles. The number of unbranched alkanes of at least 4 members (excludes halogenated alkanes) is 2. The first-order valence-corrected chi connectivity index (χ1v) is 8.09. The summed E-state index contributed by atoms with van der Waals surface area (Å²) in [5.41, 5.74) is 0. The molecule has 0 saturated heterocycles. The highest BCUT2D eigenvalue weighted by Gasteiger charge is 2.09. The van der Waals surface area contributed by atoms with E-state index in [-0.39, 0.29) is 4.90 Å². The van der Waals surface area contributed by atoms with E-state index in [9.17, 15) is 8.42 Å². The third-order valence-electron chi connectivity index (χ3n) is 3.10. The second-order valence-electron chi connectivity index (χ2n) is 4.70. The largest absolute Gasteiger partial charge is 0.494 e. The third-order valence-corrected chi connectivity index (χ3v) is 3.95. The van der Waals surface area contributed by atoms with Crippen LogP contribution in [0.3, 0.4) is 0 Å². The molecular formula is C15H18O4S. The molecule has 0 atom stereocenters. The lowest BCUT2D eigenvalue weighted by Crippen LogP contribution is -1.98. The summed E-state index contributed by atoms with van der Waals surface area (Å²) in [4.78, 5) is -0.0957. The van der Waals surface area contributed by atoms with Crippen LogP contribution in [0, 0.1) is 0 Å². The fourth-order valence-corrected chi connectivity index (χ4v) is 2.51. The van der Waals surface area contributed by atoms with Crippen LogP contribution in [0.1, 0.15) is 26.2 Å². The normalized spacial score (nSPS) is 11.7. The molecule has 0 spiro atoms. The van der Waals surface area contributed by atoms with Crippen LogP contribution in [0.4, 0.5) is 0 Å². The Bertz CT molecular complexity index is 692. The Balaban J connectivity index is 2.19. The molecule has 0 unspecified atom stereocenters. The fourth-order valence-electron chi connectivity index (χ4n) is 1.99. The first-order valence-electron chi connectivity index (χ1n) is 6.65. The van der Waals surface area contributed by atoms with Crippen LogP contribution < -0.4 is 4.74 Å². The van der Waals surface area contributed by atoms with E-state index in [4.69, 9.17) is 9.29 Å². The Morgan fingerprint density at radius 3 is 2.45 bits per heavy atom. The highest BCUT2D eigenvalue weighted by Crippen LogP contribution is 2.23. The minimum atomic E-state index is -4.16. The molecule has 2 aromatic rings. The maximum Gasteiger partial charge on any atom is 0.294 e. The lowest BCUT2D eigenvalue weighted by molar-refractivity contribution is 0.306. The van der Waals surface area contributed by atoms with Gasteiger partial charge in [0.25, 0.3) is 10.1 Å². The molecule has 0 aliphatic carbocycles. The molecule has 2 rings (SSSR count). The van der Waals surface area contributed by atoms with E-state index in [0.717, 1.165) is 35.8 Å². The quantitative estimate of drug-likeness (QED) is 0.652. The molecule has 0 heterocycles. The molecule has 0 bridgehead atoms. The average molecular weight is 294 g/mol. The van der Waals surface area contributed by atoms with Crippen LogP contribution in [-0.2, 0) is 10.1 Å². The lowest BCUT2D eigenvalue weighted by atomic mass is 10.1. The van der Waals surface area contributed by atoms with Crippen LogP contribution in [0.15, 0.2) is 41.3 Å². The van der Waals surface area contributed by atoms with Crippen molar-refractivity contribution in [3.63, 3.8) is 0 Å². The predicted molar refractivity (Wildman–Crippen MR) is 78.8 cm³/mol. The van der Waals surface area contributed by atoms with Crippen molar-refractivity contribution in [2.45, 2.75) is 31.1 Å². The van der Waals surface area contributed by atoms with Crippen molar-refractivity contribution >= 4 is 20.9 Å². The molecule has 0 saturated carbocycles. The Morgan fingerprint density at radius 1 is 1.05 bits per heavy atom. The van der Waals surface area contributed by atoms with Gasteiger partial charge in [0.2, 0.25) is 0 Å². The second kappa shape index (κ2) is 6.24. The molecule has 5 heteroatoms. The van der Waals surface area contributed by atoms with Gasteiger partial charge in [-0.1, -0.05) is 31.9 Å². The molecule has 20 heavy (non-hydrogen) atoms. The second-order valence-corrected chi connectivity index (χ2v) is 6.12. The van der Waals surface area contributed by atoms with Crippen molar-refractivity contribution in [1.82, 2.24) is 0 Å². The predicted octanol–water partition coefficient (Wildman–Crippen LogP) is 3.66. The fraction of sp³-hybridized carbons (Fsp3) is 0.333. The van der Waals surface area contributed by atoms with E-state index in [1.54, 1.807) is 12.1 Å². The summed E-state index contributed by atoms with van der Waals surface area (Å²) in [6.07, 6.45) is 3.32. The zero-order valence-electron chi connectivity index (χ0n) is 11.4. The zero-order valence-corrected chi connectivity index (χ0v) is 12.2. The van der Waals surface area contributed by atoms with Gasteiger partial charge in [0.05, 0.1) is 11.5 Å². The molecule has 0 aliphatic rings. The van der Waals surface area contributed by atoms with E-state index in [0.29, 0.717) is 6.61 Å². The third kappa shape index (κ3) is 3.71. The van der Waals surface area contributed by atoms with Crippen LogP contribution in [-0.4, -0.2) is 19.6 Å². The minimum absolute atomic E-state index is 0.0957. The van der Waals surface area contributed by atoms with Crippen LogP contribution in [0.25, 0.3) is 10.8 Å². The number of benzene rings is 2. The van der Waals surface area contributed by atoms with Crippen LogP contribution in [0.2, 0.25) is 0 Å². The van der Waals surface area contributed by atoms with E-state index in [1.165, 1.54) is 12.1 Å². The van der Waals surface area contributed by atoms with Crippen molar-refractivity contribution in [3.8, 4) is 5.75 Å². The van der Waals surface area contributed by atoms with Gasteiger partial charge in [-0.05, 0) is 41.5 Å². The van der Waals surface area contributed by atoms with Crippen molar-refractivity contribution in [1.29, 1.82) is 0 Å².